The molecular weight excluding hydrogens is 260 g/mol. The van der Waals surface area contributed by atoms with Gasteiger partial charge < -0.3 is 10.1 Å². The molecule has 0 atom stereocenters. The van der Waals surface area contributed by atoms with Crippen molar-refractivity contribution in [2.75, 3.05) is 39.4 Å². The molecule has 1 aromatic rings. The summed E-state index contributed by atoms with van der Waals surface area (Å²) in [5, 5.41) is 4.31. The Hall–Kier alpha value is -0.610. The van der Waals surface area contributed by atoms with Crippen LogP contribution in [0.1, 0.15) is 17.5 Å². The van der Waals surface area contributed by atoms with Gasteiger partial charge in [0.05, 0.1) is 13.2 Å². The molecule has 2 rings (SSSR count). The van der Waals surface area contributed by atoms with Gasteiger partial charge in [0.1, 0.15) is 0 Å². The van der Waals surface area contributed by atoms with Gasteiger partial charge in [-0.1, -0.05) is 17.7 Å². The molecule has 0 aliphatic carbocycles. The minimum absolute atomic E-state index is 0.815. The summed E-state index contributed by atoms with van der Waals surface area (Å²) in [6.45, 7) is 9.15. The molecule has 19 heavy (non-hydrogen) atoms. The third-order valence-corrected chi connectivity index (χ3v) is 3.79. The molecule has 0 bridgehead atoms. The second-order valence-corrected chi connectivity index (χ2v) is 5.49. The number of morpholine rings is 1. The number of nitrogens with zero attached hydrogens (tertiary/aromatic N) is 1. The van der Waals surface area contributed by atoms with Crippen LogP contribution in [-0.4, -0.2) is 44.3 Å². The first-order chi connectivity index (χ1) is 9.25. The van der Waals surface area contributed by atoms with Crippen molar-refractivity contribution in [2.24, 2.45) is 0 Å². The fraction of sp³-hybridized carbons (Fsp3) is 0.600. The second kappa shape index (κ2) is 7.85. The summed E-state index contributed by atoms with van der Waals surface area (Å²) >= 11 is 6.01. The lowest BCUT2D eigenvalue weighted by Gasteiger charge is -2.26. The van der Waals surface area contributed by atoms with E-state index in [0.29, 0.717) is 0 Å². The molecule has 1 saturated heterocycles. The summed E-state index contributed by atoms with van der Waals surface area (Å²) in [5.41, 5.74) is 2.59. The lowest BCUT2D eigenvalue weighted by Crippen LogP contribution is -2.37. The Morgan fingerprint density at radius 2 is 2.11 bits per heavy atom. The Morgan fingerprint density at radius 1 is 1.32 bits per heavy atom. The van der Waals surface area contributed by atoms with Crippen molar-refractivity contribution in [3.8, 4) is 0 Å². The number of rotatable bonds is 6. The molecule has 0 radical (unpaired) electrons. The Bertz CT molecular complexity index is 392. The second-order valence-electron chi connectivity index (χ2n) is 5.06. The van der Waals surface area contributed by atoms with E-state index in [2.05, 4.69) is 23.2 Å². The van der Waals surface area contributed by atoms with Gasteiger partial charge in [-0.15, -0.1) is 0 Å². The van der Waals surface area contributed by atoms with E-state index in [4.69, 9.17) is 16.3 Å². The highest BCUT2D eigenvalue weighted by molar-refractivity contribution is 6.30. The van der Waals surface area contributed by atoms with E-state index < -0.39 is 0 Å². The zero-order valence-electron chi connectivity index (χ0n) is 11.6. The van der Waals surface area contributed by atoms with Gasteiger partial charge in [0.2, 0.25) is 0 Å². The van der Waals surface area contributed by atoms with Crippen molar-refractivity contribution in [1.29, 1.82) is 0 Å². The van der Waals surface area contributed by atoms with Crippen LogP contribution in [0.5, 0.6) is 0 Å². The molecule has 1 aliphatic heterocycles. The zero-order chi connectivity index (χ0) is 13.5. The van der Waals surface area contributed by atoms with Crippen molar-refractivity contribution < 1.29 is 4.74 Å². The van der Waals surface area contributed by atoms with Gasteiger partial charge in [-0.3, -0.25) is 4.90 Å². The van der Waals surface area contributed by atoms with Crippen molar-refractivity contribution in [1.82, 2.24) is 10.2 Å². The maximum Gasteiger partial charge on any atom is 0.0594 e. The molecule has 3 nitrogen and oxygen atoms in total. The lowest BCUT2D eigenvalue weighted by atomic mass is 10.1. The molecule has 1 aliphatic rings. The number of hydrogen-bond acceptors (Lipinski definition) is 3. The zero-order valence-corrected chi connectivity index (χ0v) is 12.4. The molecule has 1 fully saturated rings. The largest absolute Gasteiger partial charge is 0.379 e. The first kappa shape index (κ1) is 14.8. The van der Waals surface area contributed by atoms with Crippen molar-refractivity contribution in [2.45, 2.75) is 19.9 Å². The number of ether oxygens (including phenoxy) is 1. The van der Waals surface area contributed by atoms with Gasteiger partial charge in [0.15, 0.2) is 0 Å². The van der Waals surface area contributed by atoms with Crippen LogP contribution in [0.4, 0.5) is 0 Å². The van der Waals surface area contributed by atoms with E-state index in [1.165, 1.54) is 17.5 Å². The van der Waals surface area contributed by atoms with Crippen molar-refractivity contribution in [3.63, 3.8) is 0 Å². The molecule has 1 heterocycles. The summed E-state index contributed by atoms with van der Waals surface area (Å²) in [5.74, 6) is 0. The van der Waals surface area contributed by atoms with Gasteiger partial charge >= 0.3 is 0 Å². The number of nitrogens with one attached hydrogen (secondary N) is 1. The fourth-order valence-electron chi connectivity index (χ4n) is 2.31. The molecule has 0 spiro atoms. The molecule has 1 N–H and O–H groups in total. The van der Waals surface area contributed by atoms with Crippen LogP contribution >= 0.6 is 11.6 Å². The van der Waals surface area contributed by atoms with Gasteiger partial charge in [-0.05, 0) is 49.7 Å². The number of halogens is 1. The molecule has 0 amide bonds. The number of aryl methyl sites for hydroxylation is 1. The Labute approximate surface area is 120 Å². The highest BCUT2D eigenvalue weighted by Crippen LogP contribution is 2.15. The van der Waals surface area contributed by atoms with Gasteiger partial charge in [0.25, 0.3) is 0 Å². The van der Waals surface area contributed by atoms with E-state index in [-0.39, 0.29) is 0 Å². The standard InChI is InChI=1S/C15H23ClN2O/c1-13-3-4-15(16)11-14(13)12-17-5-2-6-18-7-9-19-10-8-18/h3-4,11,17H,2,5-10,12H2,1H3. The topological polar surface area (TPSA) is 24.5 Å². The maximum absolute atomic E-state index is 6.01. The Balaban J connectivity index is 1.62. The van der Waals surface area contributed by atoms with Crippen LogP contribution in [0.15, 0.2) is 18.2 Å². The molecule has 1 aromatic carbocycles. The minimum Gasteiger partial charge on any atom is -0.379 e. The first-order valence-corrected chi connectivity index (χ1v) is 7.39. The van der Waals surface area contributed by atoms with E-state index in [1.54, 1.807) is 0 Å². The van der Waals surface area contributed by atoms with Gasteiger partial charge in [-0.2, -0.15) is 0 Å². The van der Waals surface area contributed by atoms with Crippen LogP contribution in [0.3, 0.4) is 0 Å². The highest BCUT2D eigenvalue weighted by atomic mass is 35.5. The van der Waals surface area contributed by atoms with Gasteiger partial charge in [0, 0.05) is 24.7 Å². The lowest BCUT2D eigenvalue weighted by molar-refractivity contribution is 0.0374. The molecule has 106 valence electrons. The van der Waals surface area contributed by atoms with Crippen LogP contribution in [0, 0.1) is 6.92 Å². The van der Waals surface area contributed by atoms with Crippen LogP contribution in [0.2, 0.25) is 5.02 Å². The third-order valence-electron chi connectivity index (χ3n) is 3.56. The average Bonchev–Trinajstić information content (AvgIpc) is 2.43. The van der Waals surface area contributed by atoms with Crippen LogP contribution < -0.4 is 5.32 Å². The first-order valence-electron chi connectivity index (χ1n) is 7.01. The molecule has 0 saturated carbocycles. The number of hydrogen-bond donors (Lipinski definition) is 1. The van der Waals surface area contributed by atoms with E-state index in [0.717, 1.165) is 51.0 Å². The van der Waals surface area contributed by atoms with Crippen LogP contribution in [0.25, 0.3) is 0 Å². The Kier molecular flexibility index (Phi) is 6.11. The monoisotopic (exact) mass is 282 g/mol. The number of benzene rings is 1. The molecule has 0 aromatic heterocycles. The van der Waals surface area contributed by atoms with Crippen molar-refractivity contribution >= 4 is 11.6 Å². The molecular formula is C15H23ClN2O. The summed E-state index contributed by atoms with van der Waals surface area (Å²) in [6.07, 6.45) is 1.18. The predicted molar refractivity (Wildman–Crippen MR) is 79.8 cm³/mol. The third kappa shape index (κ3) is 5.11. The van der Waals surface area contributed by atoms with Gasteiger partial charge in [-0.25, -0.2) is 0 Å². The smallest absolute Gasteiger partial charge is 0.0594 e. The predicted octanol–water partition coefficient (Wildman–Crippen LogP) is 2.46. The van der Waals surface area contributed by atoms with Crippen LogP contribution in [-0.2, 0) is 11.3 Å². The normalized spacial score (nSPS) is 16.7. The van der Waals surface area contributed by atoms with E-state index >= 15 is 0 Å². The quantitative estimate of drug-likeness (QED) is 0.811. The molecule has 4 heteroatoms. The SMILES string of the molecule is Cc1ccc(Cl)cc1CNCCCN1CCOCC1. The maximum atomic E-state index is 6.01. The summed E-state index contributed by atoms with van der Waals surface area (Å²) < 4.78 is 5.34. The van der Waals surface area contributed by atoms with E-state index in [9.17, 15) is 0 Å². The summed E-state index contributed by atoms with van der Waals surface area (Å²) in [6, 6.07) is 6.07. The minimum atomic E-state index is 0.815. The van der Waals surface area contributed by atoms with Crippen molar-refractivity contribution in [3.05, 3.63) is 34.3 Å². The average molecular weight is 283 g/mol. The summed E-state index contributed by atoms with van der Waals surface area (Å²) in [7, 11) is 0. The molecule has 0 unspecified atom stereocenters. The highest BCUT2D eigenvalue weighted by Gasteiger charge is 2.08. The Morgan fingerprint density at radius 3 is 2.89 bits per heavy atom. The van der Waals surface area contributed by atoms with E-state index in [1.807, 2.05) is 12.1 Å². The summed E-state index contributed by atoms with van der Waals surface area (Å²) in [4.78, 5) is 2.47. The fourth-order valence-corrected chi connectivity index (χ4v) is 2.50.